The standard InChI is InChI=1S/C20H29N5O2/c1-6-8-16-10-9-14(3)22-20(16)21-13-25(7-2)19(26)12-17-11-18(27-5)24-15(4)23-17/h9-11H,6-8,12-13H2,1-5H3,(H,21,22). The van der Waals surface area contributed by atoms with Gasteiger partial charge in [-0.1, -0.05) is 19.4 Å². The van der Waals surface area contributed by atoms with Crippen molar-refractivity contribution < 1.29 is 9.53 Å². The van der Waals surface area contributed by atoms with Crippen LogP contribution < -0.4 is 10.1 Å². The average molecular weight is 371 g/mol. The maximum atomic E-state index is 12.7. The molecule has 0 spiro atoms. The second-order valence-corrected chi connectivity index (χ2v) is 6.42. The molecule has 0 fully saturated rings. The summed E-state index contributed by atoms with van der Waals surface area (Å²) in [6, 6.07) is 5.82. The van der Waals surface area contributed by atoms with Crippen molar-refractivity contribution in [2.24, 2.45) is 0 Å². The fraction of sp³-hybridized carbons (Fsp3) is 0.500. The van der Waals surface area contributed by atoms with Crippen molar-refractivity contribution in [2.75, 3.05) is 25.6 Å². The lowest BCUT2D eigenvalue weighted by Crippen LogP contribution is -2.36. The lowest BCUT2D eigenvalue weighted by Gasteiger charge is -2.22. The number of aromatic nitrogens is 3. The quantitative estimate of drug-likeness (QED) is 0.683. The Balaban J connectivity index is 2.06. The molecule has 0 unspecified atom stereocenters. The van der Waals surface area contributed by atoms with Gasteiger partial charge in [0.05, 0.1) is 25.9 Å². The third kappa shape index (κ3) is 5.91. The second-order valence-electron chi connectivity index (χ2n) is 6.42. The molecule has 0 aromatic carbocycles. The molecule has 0 aliphatic heterocycles. The van der Waals surface area contributed by atoms with E-state index in [1.807, 2.05) is 19.9 Å². The molecule has 0 saturated heterocycles. The van der Waals surface area contributed by atoms with E-state index in [9.17, 15) is 4.79 Å². The molecule has 0 radical (unpaired) electrons. The number of hydrogen-bond acceptors (Lipinski definition) is 6. The zero-order valence-electron chi connectivity index (χ0n) is 16.9. The number of hydrogen-bond donors (Lipinski definition) is 1. The van der Waals surface area contributed by atoms with Crippen molar-refractivity contribution in [1.29, 1.82) is 0 Å². The second kappa shape index (κ2) is 9.85. The molecule has 2 aromatic heterocycles. The van der Waals surface area contributed by atoms with Crippen molar-refractivity contribution in [2.45, 2.75) is 47.0 Å². The van der Waals surface area contributed by atoms with Crippen LogP contribution in [0.4, 0.5) is 5.82 Å². The van der Waals surface area contributed by atoms with Crippen molar-refractivity contribution in [3.05, 3.63) is 41.0 Å². The normalized spacial score (nSPS) is 10.6. The topological polar surface area (TPSA) is 80.2 Å². The highest BCUT2D eigenvalue weighted by Crippen LogP contribution is 2.16. The van der Waals surface area contributed by atoms with E-state index in [1.54, 1.807) is 25.0 Å². The van der Waals surface area contributed by atoms with Gasteiger partial charge in [0, 0.05) is 18.3 Å². The molecule has 7 nitrogen and oxygen atoms in total. The number of likely N-dealkylation sites (N-methyl/N-ethyl adjacent to an activating group) is 1. The number of nitrogens with zero attached hydrogens (tertiary/aromatic N) is 4. The Bertz CT molecular complexity index is 779. The number of anilines is 1. The summed E-state index contributed by atoms with van der Waals surface area (Å²) in [5.74, 6) is 1.91. The number of aryl methyl sites for hydroxylation is 3. The van der Waals surface area contributed by atoms with E-state index < -0.39 is 0 Å². The summed E-state index contributed by atoms with van der Waals surface area (Å²) in [5.41, 5.74) is 2.78. The maximum Gasteiger partial charge on any atom is 0.229 e. The first-order valence-electron chi connectivity index (χ1n) is 9.33. The molecule has 0 saturated carbocycles. The zero-order chi connectivity index (χ0) is 19.8. The number of pyridine rings is 1. The van der Waals surface area contributed by atoms with E-state index in [0.717, 1.165) is 24.4 Å². The van der Waals surface area contributed by atoms with Gasteiger partial charge in [-0.3, -0.25) is 4.79 Å². The average Bonchev–Trinajstić information content (AvgIpc) is 2.63. The fourth-order valence-corrected chi connectivity index (χ4v) is 2.82. The van der Waals surface area contributed by atoms with Crippen molar-refractivity contribution in [3.8, 4) is 5.88 Å². The van der Waals surface area contributed by atoms with E-state index in [4.69, 9.17) is 4.74 Å². The van der Waals surface area contributed by atoms with E-state index in [2.05, 4.69) is 33.3 Å². The number of amides is 1. The van der Waals surface area contributed by atoms with E-state index in [-0.39, 0.29) is 12.3 Å². The molecule has 146 valence electrons. The largest absolute Gasteiger partial charge is 0.481 e. The first kappa shape index (κ1) is 20.6. The first-order chi connectivity index (χ1) is 13.0. The van der Waals surface area contributed by atoms with Gasteiger partial charge in [-0.2, -0.15) is 4.98 Å². The highest BCUT2D eigenvalue weighted by atomic mass is 16.5. The molecule has 2 aromatic rings. The highest BCUT2D eigenvalue weighted by Gasteiger charge is 2.15. The summed E-state index contributed by atoms with van der Waals surface area (Å²) in [7, 11) is 1.55. The van der Waals surface area contributed by atoms with Crippen LogP contribution in [-0.2, 0) is 17.6 Å². The smallest absolute Gasteiger partial charge is 0.229 e. The Kier molecular flexibility index (Phi) is 7.52. The van der Waals surface area contributed by atoms with Crippen LogP contribution in [0.5, 0.6) is 5.88 Å². The SMILES string of the molecule is CCCc1ccc(C)nc1NCN(CC)C(=O)Cc1cc(OC)nc(C)n1. The Labute approximate surface area is 161 Å². The molecule has 0 aliphatic carbocycles. The van der Waals surface area contributed by atoms with Gasteiger partial charge in [0.2, 0.25) is 11.8 Å². The van der Waals surface area contributed by atoms with E-state index in [1.165, 1.54) is 5.56 Å². The Morgan fingerprint density at radius 1 is 1.19 bits per heavy atom. The predicted molar refractivity (Wildman–Crippen MR) is 106 cm³/mol. The number of nitrogens with one attached hydrogen (secondary N) is 1. The Hall–Kier alpha value is -2.70. The van der Waals surface area contributed by atoms with Gasteiger partial charge in [0.25, 0.3) is 0 Å². The molecule has 1 N–H and O–H groups in total. The zero-order valence-corrected chi connectivity index (χ0v) is 16.9. The molecule has 27 heavy (non-hydrogen) atoms. The van der Waals surface area contributed by atoms with Gasteiger partial charge in [-0.05, 0) is 38.8 Å². The van der Waals surface area contributed by atoms with E-state index >= 15 is 0 Å². The number of ether oxygens (including phenoxy) is 1. The third-order valence-corrected chi connectivity index (χ3v) is 4.22. The van der Waals surface area contributed by atoms with Crippen LogP contribution in [0.3, 0.4) is 0 Å². The molecule has 7 heteroatoms. The molecular weight excluding hydrogens is 342 g/mol. The molecule has 0 aliphatic rings. The monoisotopic (exact) mass is 371 g/mol. The van der Waals surface area contributed by atoms with Gasteiger partial charge in [0.1, 0.15) is 11.6 Å². The number of carbonyl (C=O) groups is 1. The lowest BCUT2D eigenvalue weighted by molar-refractivity contribution is -0.130. The summed E-state index contributed by atoms with van der Waals surface area (Å²) in [5, 5.41) is 3.33. The summed E-state index contributed by atoms with van der Waals surface area (Å²) >= 11 is 0. The van der Waals surface area contributed by atoms with Crippen LogP contribution >= 0.6 is 0 Å². The number of rotatable bonds is 9. The Morgan fingerprint density at radius 3 is 2.63 bits per heavy atom. The molecular formula is C20H29N5O2. The molecule has 0 bridgehead atoms. The van der Waals surface area contributed by atoms with Crippen LogP contribution in [0.1, 0.15) is 43.0 Å². The van der Waals surface area contributed by atoms with Crippen LogP contribution in [0, 0.1) is 13.8 Å². The van der Waals surface area contributed by atoms with Crippen molar-refractivity contribution >= 4 is 11.7 Å². The van der Waals surface area contributed by atoms with Crippen LogP contribution in [0.2, 0.25) is 0 Å². The van der Waals surface area contributed by atoms with Gasteiger partial charge in [-0.15, -0.1) is 0 Å². The highest BCUT2D eigenvalue weighted by molar-refractivity contribution is 5.78. The van der Waals surface area contributed by atoms with Gasteiger partial charge < -0.3 is 15.0 Å². The van der Waals surface area contributed by atoms with Crippen molar-refractivity contribution in [1.82, 2.24) is 19.9 Å². The van der Waals surface area contributed by atoms with Gasteiger partial charge >= 0.3 is 0 Å². The number of carbonyl (C=O) groups excluding carboxylic acids is 1. The first-order valence-corrected chi connectivity index (χ1v) is 9.33. The Morgan fingerprint density at radius 2 is 1.96 bits per heavy atom. The molecule has 1 amide bonds. The lowest BCUT2D eigenvalue weighted by atomic mass is 10.1. The molecule has 0 atom stereocenters. The van der Waals surface area contributed by atoms with Gasteiger partial charge in [0.15, 0.2) is 0 Å². The van der Waals surface area contributed by atoms with Crippen LogP contribution in [0.15, 0.2) is 18.2 Å². The minimum Gasteiger partial charge on any atom is -0.481 e. The molecule has 2 heterocycles. The number of methoxy groups -OCH3 is 1. The van der Waals surface area contributed by atoms with Crippen LogP contribution in [0.25, 0.3) is 0 Å². The summed E-state index contributed by atoms with van der Waals surface area (Å²) in [6.07, 6.45) is 2.21. The fourth-order valence-electron chi connectivity index (χ4n) is 2.82. The maximum absolute atomic E-state index is 12.7. The van der Waals surface area contributed by atoms with Crippen LogP contribution in [-0.4, -0.2) is 46.1 Å². The van der Waals surface area contributed by atoms with Crippen molar-refractivity contribution in [3.63, 3.8) is 0 Å². The predicted octanol–water partition coefficient (Wildman–Crippen LogP) is 2.91. The molecule has 2 rings (SSSR count). The summed E-state index contributed by atoms with van der Waals surface area (Å²) in [4.78, 5) is 27.6. The summed E-state index contributed by atoms with van der Waals surface area (Å²) in [6.45, 7) is 8.86. The minimum atomic E-state index is -0.00477. The third-order valence-electron chi connectivity index (χ3n) is 4.22. The van der Waals surface area contributed by atoms with E-state index in [0.29, 0.717) is 30.6 Å². The summed E-state index contributed by atoms with van der Waals surface area (Å²) < 4.78 is 5.16. The minimum absolute atomic E-state index is 0.00477. The van der Waals surface area contributed by atoms with Gasteiger partial charge in [-0.25, -0.2) is 9.97 Å².